The lowest BCUT2D eigenvalue weighted by Crippen LogP contribution is -1.81. The van der Waals surface area contributed by atoms with Crippen molar-refractivity contribution in [3.05, 3.63) is 34.6 Å². The SMILES string of the molecule is O=Cc1nc(-c2ccc(Br)cc2)n[nH]1. The highest BCUT2D eigenvalue weighted by Gasteiger charge is 2.03. The first-order chi connectivity index (χ1) is 6.79. The molecule has 1 N–H and O–H groups in total. The highest BCUT2D eigenvalue weighted by atomic mass is 79.9. The number of nitrogens with one attached hydrogen (secondary N) is 1. The second-order valence-electron chi connectivity index (χ2n) is 2.67. The summed E-state index contributed by atoms with van der Waals surface area (Å²) in [6.45, 7) is 0. The van der Waals surface area contributed by atoms with Gasteiger partial charge in [0.1, 0.15) is 0 Å². The van der Waals surface area contributed by atoms with E-state index in [0.29, 0.717) is 12.1 Å². The summed E-state index contributed by atoms with van der Waals surface area (Å²) in [6, 6.07) is 7.54. The van der Waals surface area contributed by atoms with E-state index in [1.807, 2.05) is 24.3 Å². The molecule has 0 aliphatic rings. The maximum absolute atomic E-state index is 10.4. The van der Waals surface area contributed by atoms with Gasteiger partial charge in [-0.1, -0.05) is 28.1 Å². The number of carbonyl (C=O) groups is 1. The molecule has 0 spiro atoms. The monoisotopic (exact) mass is 251 g/mol. The number of hydrogen-bond acceptors (Lipinski definition) is 3. The van der Waals surface area contributed by atoms with Crippen molar-refractivity contribution in [2.24, 2.45) is 0 Å². The zero-order valence-corrected chi connectivity index (χ0v) is 8.65. The lowest BCUT2D eigenvalue weighted by atomic mass is 10.2. The normalized spacial score (nSPS) is 10.1. The number of aromatic amines is 1. The predicted molar refractivity (Wildman–Crippen MR) is 54.9 cm³/mol. The topological polar surface area (TPSA) is 58.6 Å². The minimum atomic E-state index is 0.239. The highest BCUT2D eigenvalue weighted by molar-refractivity contribution is 9.10. The third-order valence-electron chi connectivity index (χ3n) is 1.72. The van der Waals surface area contributed by atoms with E-state index in [1.54, 1.807) is 0 Å². The maximum Gasteiger partial charge on any atom is 0.189 e. The Kier molecular flexibility index (Phi) is 2.41. The van der Waals surface area contributed by atoms with Crippen LogP contribution in [0.25, 0.3) is 11.4 Å². The van der Waals surface area contributed by atoms with Crippen LogP contribution in [0.2, 0.25) is 0 Å². The molecule has 14 heavy (non-hydrogen) atoms. The molecule has 1 heterocycles. The summed E-state index contributed by atoms with van der Waals surface area (Å²) in [7, 11) is 0. The van der Waals surface area contributed by atoms with Gasteiger partial charge in [-0.3, -0.25) is 9.89 Å². The van der Waals surface area contributed by atoms with E-state index in [0.717, 1.165) is 10.0 Å². The van der Waals surface area contributed by atoms with Gasteiger partial charge in [-0.05, 0) is 12.1 Å². The van der Waals surface area contributed by atoms with E-state index < -0.39 is 0 Å². The molecular weight excluding hydrogens is 246 g/mol. The number of hydrogen-bond donors (Lipinski definition) is 1. The van der Waals surface area contributed by atoms with Crippen molar-refractivity contribution in [1.82, 2.24) is 15.2 Å². The van der Waals surface area contributed by atoms with Crippen LogP contribution in [0.15, 0.2) is 28.7 Å². The molecule has 0 saturated carbocycles. The maximum atomic E-state index is 10.4. The molecule has 0 aliphatic heterocycles. The van der Waals surface area contributed by atoms with Crippen LogP contribution >= 0.6 is 15.9 Å². The Morgan fingerprint density at radius 1 is 1.29 bits per heavy atom. The summed E-state index contributed by atoms with van der Waals surface area (Å²) in [5.74, 6) is 0.766. The fourth-order valence-electron chi connectivity index (χ4n) is 1.06. The van der Waals surface area contributed by atoms with Crippen LogP contribution in [0.4, 0.5) is 0 Å². The van der Waals surface area contributed by atoms with Gasteiger partial charge in [-0.25, -0.2) is 4.98 Å². The van der Waals surface area contributed by atoms with E-state index in [1.165, 1.54) is 0 Å². The van der Waals surface area contributed by atoms with Gasteiger partial charge in [0.2, 0.25) is 0 Å². The Morgan fingerprint density at radius 2 is 2.00 bits per heavy atom. The minimum absolute atomic E-state index is 0.239. The Bertz CT molecular complexity index is 449. The van der Waals surface area contributed by atoms with Crippen molar-refractivity contribution in [1.29, 1.82) is 0 Å². The first kappa shape index (κ1) is 9.08. The summed E-state index contributed by atoms with van der Waals surface area (Å²) in [5.41, 5.74) is 0.873. The van der Waals surface area contributed by atoms with Crippen molar-refractivity contribution in [3.8, 4) is 11.4 Å². The van der Waals surface area contributed by atoms with Crippen molar-refractivity contribution in [2.75, 3.05) is 0 Å². The number of halogens is 1. The fraction of sp³-hybridized carbons (Fsp3) is 0. The number of aldehydes is 1. The van der Waals surface area contributed by atoms with Gasteiger partial charge in [-0.2, -0.15) is 5.10 Å². The molecule has 0 unspecified atom stereocenters. The molecule has 0 fully saturated rings. The van der Waals surface area contributed by atoms with Gasteiger partial charge in [0, 0.05) is 10.0 Å². The van der Waals surface area contributed by atoms with Gasteiger partial charge < -0.3 is 0 Å². The molecule has 70 valence electrons. The molecule has 1 aromatic heterocycles. The molecule has 1 aromatic carbocycles. The zero-order valence-electron chi connectivity index (χ0n) is 7.07. The van der Waals surface area contributed by atoms with E-state index >= 15 is 0 Å². The molecule has 0 amide bonds. The van der Waals surface area contributed by atoms with Gasteiger partial charge in [-0.15, -0.1) is 0 Å². The van der Waals surface area contributed by atoms with Crippen molar-refractivity contribution in [2.45, 2.75) is 0 Å². The van der Waals surface area contributed by atoms with Crippen molar-refractivity contribution in [3.63, 3.8) is 0 Å². The standard InChI is InChI=1S/C9H6BrN3O/c10-7-3-1-6(2-4-7)9-11-8(5-14)12-13-9/h1-5H,(H,11,12,13). The van der Waals surface area contributed by atoms with Crippen LogP contribution in [0.5, 0.6) is 0 Å². The summed E-state index contributed by atoms with van der Waals surface area (Å²) in [5, 5.41) is 6.43. The average molecular weight is 252 g/mol. The smallest absolute Gasteiger partial charge is 0.189 e. The third-order valence-corrected chi connectivity index (χ3v) is 2.25. The number of H-pyrrole nitrogens is 1. The second kappa shape index (κ2) is 3.71. The molecule has 0 aliphatic carbocycles. The van der Waals surface area contributed by atoms with E-state index in [2.05, 4.69) is 31.1 Å². The number of aromatic nitrogens is 3. The van der Waals surface area contributed by atoms with Crippen LogP contribution < -0.4 is 0 Å². The molecule has 0 saturated heterocycles. The van der Waals surface area contributed by atoms with E-state index in [4.69, 9.17) is 0 Å². The largest absolute Gasteiger partial charge is 0.294 e. The molecule has 2 aromatic rings. The summed E-state index contributed by atoms with van der Waals surface area (Å²) < 4.78 is 0.993. The lowest BCUT2D eigenvalue weighted by Gasteiger charge is -1.93. The van der Waals surface area contributed by atoms with Crippen LogP contribution in [-0.2, 0) is 0 Å². The minimum Gasteiger partial charge on any atom is -0.294 e. The highest BCUT2D eigenvalue weighted by Crippen LogP contribution is 2.17. The zero-order chi connectivity index (χ0) is 9.97. The molecule has 4 nitrogen and oxygen atoms in total. The third kappa shape index (κ3) is 1.72. The fourth-order valence-corrected chi connectivity index (χ4v) is 1.32. The first-order valence-electron chi connectivity index (χ1n) is 3.93. The quantitative estimate of drug-likeness (QED) is 0.832. The first-order valence-corrected chi connectivity index (χ1v) is 4.72. The van der Waals surface area contributed by atoms with E-state index in [-0.39, 0.29) is 5.82 Å². The number of nitrogens with zero attached hydrogens (tertiary/aromatic N) is 2. The number of benzene rings is 1. The van der Waals surface area contributed by atoms with Crippen LogP contribution in [0.1, 0.15) is 10.6 Å². The molecule has 5 heteroatoms. The van der Waals surface area contributed by atoms with Crippen LogP contribution in [-0.4, -0.2) is 21.5 Å². The van der Waals surface area contributed by atoms with Crippen molar-refractivity contribution >= 4 is 22.2 Å². The summed E-state index contributed by atoms with van der Waals surface area (Å²) >= 11 is 3.33. The second-order valence-corrected chi connectivity index (χ2v) is 3.58. The number of rotatable bonds is 2. The van der Waals surface area contributed by atoms with Gasteiger partial charge in [0.15, 0.2) is 17.9 Å². The Balaban J connectivity index is 2.39. The predicted octanol–water partition coefficient (Wildman–Crippen LogP) is 2.05. The van der Waals surface area contributed by atoms with Gasteiger partial charge in [0.25, 0.3) is 0 Å². The average Bonchev–Trinajstić information content (AvgIpc) is 2.67. The lowest BCUT2D eigenvalue weighted by molar-refractivity contribution is 0.111. The van der Waals surface area contributed by atoms with Gasteiger partial charge in [0.05, 0.1) is 0 Å². The summed E-state index contributed by atoms with van der Waals surface area (Å²) in [4.78, 5) is 14.3. The van der Waals surface area contributed by atoms with Crippen molar-refractivity contribution < 1.29 is 4.79 Å². The molecule has 0 bridgehead atoms. The van der Waals surface area contributed by atoms with Crippen LogP contribution in [0.3, 0.4) is 0 Å². The van der Waals surface area contributed by atoms with Gasteiger partial charge >= 0.3 is 0 Å². The summed E-state index contributed by atoms with van der Waals surface area (Å²) in [6.07, 6.45) is 0.634. The molecular formula is C9H6BrN3O. The Morgan fingerprint density at radius 3 is 2.57 bits per heavy atom. The number of carbonyl (C=O) groups excluding carboxylic acids is 1. The Hall–Kier alpha value is -1.49. The molecule has 0 atom stereocenters. The molecule has 2 rings (SSSR count). The van der Waals surface area contributed by atoms with E-state index in [9.17, 15) is 4.79 Å². The van der Waals surface area contributed by atoms with Crippen LogP contribution in [0, 0.1) is 0 Å². The molecule has 0 radical (unpaired) electrons. The Labute approximate surface area is 88.5 Å².